The maximum atomic E-state index is 12.0. The van der Waals surface area contributed by atoms with Crippen LogP contribution in [0.1, 0.15) is 12.8 Å². The van der Waals surface area contributed by atoms with Crippen molar-refractivity contribution in [2.75, 3.05) is 0 Å². The van der Waals surface area contributed by atoms with E-state index in [1.807, 2.05) is 6.08 Å². The van der Waals surface area contributed by atoms with Gasteiger partial charge in [-0.15, -0.1) is 0 Å². The lowest BCUT2D eigenvalue weighted by molar-refractivity contribution is 0.652. The van der Waals surface area contributed by atoms with Crippen molar-refractivity contribution >= 4 is 0 Å². The molecule has 38 valence electrons. The lowest BCUT2D eigenvalue weighted by Crippen LogP contribution is -1.74. The second-order valence-corrected chi connectivity index (χ2v) is 1.57. The molecule has 0 heterocycles. The second kappa shape index (κ2) is 1.92. The normalized spacial score (nSPS) is 19.3. The van der Waals surface area contributed by atoms with Gasteiger partial charge >= 0.3 is 0 Å². The van der Waals surface area contributed by atoms with Crippen LogP contribution in [0.4, 0.5) is 4.39 Å². The van der Waals surface area contributed by atoms with Gasteiger partial charge in [0.2, 0.25) is 0 Å². The molecule has 0 nitrogen and oxygen atoms in total. The Labute approximate surface area is 42.3 Å². The minimum atomic E-state index is -0.0914. The number of hydrogen-bond acceptors (Lipinski definition) is 0. The van der Waals surface area contributed by atoms with E-state index < -0.39 is 0 Å². The first-order chi connectivity index (χ1) is 3.39. The van der Waals surface area contributed by atoms with Crippen LogP contribution in [0.5, 0.6) is 0 Å². The highest BCUT2D eigenvalue weighted by molar-refractivity contribution is 5.14. The number of halogens is 1. The lowest BCUT2D eigenvalue weighted by atomic mass is 10.2. The first-order valence-corrected chi connectivity index (χ1v) is 2.42. The number of rotatable bonds is 0. The van der Waals surface area contributed by atoms with Crippen molar-refractivity contribution in [1.29, 1.82) is 0 Å². The highest BCUT2D eigenvalue weighted by Crippen LogP contribution is 2.08. The molecule has 7 heavy (non-hydrogen) atoms. The van der Waals surface area contributed by atoms with Crippen LogP contribution in [0.2, 0.25) is 0 Å². The van der Waals surface area contributed by atoms with E-state index >= 15 is 0 Å². The molecule has 0 bridgehead atoms. The van der Waals surface area contributed by atoms with Crippen molar-refractivity contribution in [1.82, 2.24) is 0 Å². The number of allylic oxidation sites excluding steroid dienone is 4. The van der Waals surface area contributed by atoms with Gasteiger partial charge in [0.05, 0.1) is 0 Å². The minimum Gasteiger partial charge on any atom is -0.207 e. The molecule has 0 aromatic rings. The zero-order valence-corrected chi connectivity index (χ0v) is 4.02. The number of hydrogen-bond donors (Lipinski definition) is 0. The van der Waals surface area contributed by atoms with Gasteiger partial charge in [0, 0.05) is 0 Å². The van der Waals surface area contributed by atoms with Gasteiger partial charge in [0.1, 0.15) is 5.83 Å². The Morgan fingerprint density at radius 1 is 1.43 bits per heavy atom. The van der Waals surface area contributed by atoms with Crippen molar-refractivity contribution in [2.24, 2.45) is 0 Å². The molecule has 0 aromatic carbocycles. The van der Waals surface area contributed by atoms with Gasteiger partial charge in [0.15, 0.2) is 0 Å². The summed E-state index contributed by atoms with van der Waals surface area (Å²) in [5.74, 6) is -0.0914. The Kier molecular flexibility index (Phi) is 1.25. The summed E-state index contributed by atoms with van der Waals surface area (Å²) in [5.41, 5.74) is 0. The summed E-state index contributed by atoms with van der Waals surface area (Å²) in [6.07, 6.45) is 6.80. The molecular weight excluding hydrogens is 91.1 g/mol. The van der Waals surface area contributed by atoms with Crippen LogP contribution < -0.4 is 0 Å². The fourth-order valence-corrected chi connectivity index (χ4v) is 0.581. The Morgan fingerprint density at radius 2 is 2.29 bits per heavy atom. The third kappa shape index (κ3) is 1.15. The van der Waals surface area contributed by atoms with Crippen LogP contribution in [0.3, 0.4) is 0 Å². The molecule has 0 radical (unpaired) electrons. The van der Waals surface area contributed by atoms with E-state index in [-0.39, 0.29) is 5.83 Å². The fraction of sp³-hybridized carbons (Fsp3) is 0.333. The monoisotopic (exact) mass is 98.1 g/mol. The van der Waals surface area contributed by atoms with Gasteiger partial charge in [-0.3, -0.25) is 0 Å². The predicted octanol–water partition coefficient (Wildman–Crippen LogP) is 2.19. The SMILES string of the molecule is FC1=CCCC=C1. The Morgan fingerprint density at radius 3 is 2.57 bits per heavy atom. The molecule has 0 unspecified atom stereocenters. The molecule has 1 heteroatoms. The van der Waals surface area contributed by atoms with E-state index in [0.717, 1.165) is 12.8 Å². The van der Waals surface area contributed by atoms with Crippen LogP contribution in [0.25, 0.3) is 0 Å². The minimum absolute atomic E-state index is 0.0914. The summed E-state index contributed by atoms with van der Waals surface area (Å²) in [5, 5.41) is 0. The van der Waals surface area contributed by atoms with E-state index in [1.54, 1.807) is 6.08 Å². The molecule has 0 N–H and O–H groups in total. The summed E-state index contributed by atoms with van der Waals surface area (Å²) in [6.45, 7) is 0. The van der Waals surface area contributed by atoms with Crippen LogP contribution in [-0.2, 0) is 0 Å². The van der Waals surface area contributed by atoms with E-state index in [0.29, 0.717) is 0 Å². The summed E-state index contributed by atoms with van der Waals surface area (Å²) in [4.78, 5) is 0. The Balaban J connectivity index is 2.58. The van der Waals surface area contributed by atoms with Gasteiger partial charge in [-0.2, -0.15) is 0 Å². The van der Waals surface area contributed by atoms with E-state index in [4.69, 9.17) is 0 Å². The molecule has 0 spiro atoms. The van der Waals surface area contributed by atoms with Crippen molar-refractivity contribution in [2.45, 2.75) is 12.8 Å². The molecule has 0 saturated heterocycles. The average Bonchev–Trinajstić information content (AvgIpc) is 1.69. The molecule has 1 rings (SSSR count). The molecule has 0 saturated carbocycles. The van der Waals surface area contributed by atoms with Crippen LogP contribution in [0, 0.1) is 0 Å². The van der Waals surface area contributed by atoms with Crippen LogP contribution >= 0.6 is 0 Å². The van der Waals surface area contributed by atoms with Gasteiger partial charge in [0.25, 0.3) is 0 Å². The molecule has 0 amide bonds. The first-order valence-electron chi connectivity index (χ1n) is 2.42. The molecule has 1 aliphatic rings. The maximum Gasteiger partial charge on any atom is 0.118 e. The standard InChI is InChI=1S/C6H7F/c7-6-4-2-1-3-5-6/h2,4-5H,1,3H2. The van der Waals surface area contributed by atoms with Crippen molar-refractivity contribution < 1.29 is 4.39 Å². The zero-order chi connectivity index (χ0) is 5.11. The second-order valence-electron chi connectivity index (χ2n) is 1.57. The van der Waals surface area contributed by atoms with Crippen LogP contribution in [0.15, 0.2) is 24.1 Å². The average molecular weight is 98.1 g/mol. The van der Waals surface area contributed by atoms with Crippen molar-refractivity contribution in [3.63, 3.8) is 0 Å². The summed E-state index contributed by atoms with van der Waals surface area (Å²) in [7, 11) is 0. The van der Waals surface area contributed by atoms with Gasteiger partial charge in [-0.05, 0) is 25.0 Å². The van der Waals surface area contributed by atoms with Crippen LogP contribution in [-0.4, -0.2) is 0 Å². The van der Waals surface area contributed by atoms with E-state index in [1.165, 1.54) is 6.08 Å². The predicted molar refractivity (Wildman–Crippen MR) is 27.6 cm³/mol. The molecule has 0 atom stereocenters. The van der Waals surface area contributed by atoms with Crippen molar-refractivity contribution in [3.8, 4) is 0 Å². The first kappa shape index (κ1) is 4.57. The van der Waals surface area contributed by atoms with Gasteiger partial charge in [-0.1, -0.05) is 6.08 Å². The molecule has 0 aliphatic heterocycles. The topological polar surface area (TPSA) is 0 Å². The molecule has 1 aliphatic carbocycles. The smallest absolute Gasteiger partial charge is 0.118 e. The fourth-order valence-electron chi connectivity index (χ4n) is 0.581. The Hall–Kier alpha value is -0.590. The third-order valence-electron chi connectivity index (χ3n) is 0.950. The molecular formula is C6H7F. The van der Waals surface area contributed by atoms with Crippen molar-refractivity contribution in [3.05, 3.63) is 24.1 Å². The molecule has 0 aromatic heterocycles. The Bertz CT molecular complexity index is 111. The summed E-state index contributed by atoms with van der Waals surface area (Å²) >= 11 is 0. The summed E-state index contributed by atoms with van der Waals surface area (Å²) < 4.78 is 12.0. The highest BCUT2D eigenvalue weighted by Gasteiger charge is 1.90. The maximum absolute atomic E-state index is 12.0. The summed E-state index contributed by atoms with van der Waals surface area (Å²) in [6, 6.07) is 0. The molecule has 0 fully saturated rings. The zero-order valence-electron chi connectivity index (χ0n) is 4.02. The van der Waals surface area contributed by atoms with Gasteiger partial charge in [-0.25, -0.2) is 4.39 Å². The third-order valence-corrected chi connectivity index (χ3v) is 0.950. The van der Waals surface area contributed by atoms with E-state index in [2.05, 4.69) is 0 Å². The quantitative estimate of drug-likeness (QED) is 0.435. The van der Waals surface area contributed by atoms with E-state index in [9.17, 15) is 4.39 Å². The van der Waals surface area contributed by atoms with Gasteiger partial charge < -0.3 is 0 Å². The lowest BCUT2D eigenvalue weighted by Gasteiger charge is -1.93. The largest absolute Gasteiger partial charge is 0.207 e. The highest BCUT2D eigenvalue weighted by atomic mass is 19.1.